The number of esters is 1. The summed E-state index contributed by atoms with van der Waals surface area (Å²) in [6.45, 7) is 3.34. The number of rotatable bonds is 22. The minimum Gasteiger partial charge on any atom is -0.466 e. The number of carbonyl (C=O) groups excluding carboxylic acids is 1. The van der Waals surface area contributed by atoms with Gasteiger partial charge in [0.1, 0.15) is 0 Å². The molecule has 0 fully saturated rings. The Hall–Kier alpha value is -1.48. The van der Waals surface area contributed by atoms with Gasteiger partial charge in [-0.1, -0.05) is 88.4 Å². The van der Waals surface area contributed by atoms with Crippen LogP contribution in [0.4, 0.5) is 0 Å². The van der Waals surface area contributed by atoms with Crippen molar-refractivity contribution in [3.8, 4) is 0 Å². The first kappa shape index (κ1) is 27.5. The molecular formula is C24H45N3O2. The lowest BCUT2D eigenvalue weighted by Gasteiger charge is -2.05. The van der Waals surface area contributed by atoms with Gasteiger partial charge in [0, 0.05) is 17.9 Å². The molecule has 0 N–H and O–H groups in total. The molecule has 0 saturated heterocycles. The fourth-order valence-corrected chi connectivity index (χ4v) is 3.28. The van der Waals surface area contributed by atoms with Crippen molar-refractivity contribution in [3.05, 3.63) is 22.6 Å². The molecular weight excluding hydrogens is 362 g/mol. The molecule has 0 rings (SSSR count). The highest BCUT2D eigenvalue weighted by Gasteiger charge is 2.02. The van der Waals surface area contributed by atoms with E-state index in [0.717, 1.165) is 38.5 Å². The zero-order valence-electron chi connectivity index (χ0n) is 19.0. The lowest BCUT2D eigenvalue weighted by atomic mass is 10.1. The second kappa shape index (κ2) is 24.6. The van der Waals surface area contributed by atoms with Gasteiger partial charge >= 0.3 is 5.97 Å². The standard InChI is InChI=1S/C24H45N3O2/c1-2-3-4-5-6-7-8-9-10-11-12-13-14-15-18-21-24(28)29-23-20-17-16-19-22-26-27-25/h9-10H,2-8,11-23H2,1H3. The van der Waals surface area contributed by atoms with Crippen LogP contribution in [-0.4, -0.2) is 19.1 Å². The Morgan fingerprint density at radius 2 is 1.34 bits per heavy atom. The monoisotopic (exact) mass is 407 g/mol. The number of carbonyl (C=O) groups is 1. The van der Waals surface area contributed by atoms with E-state index >= 15 is 0 Å². The zero-order valence-corrected chi connectivity index (χ0v) is 19.0. The van der Waals surface area contributed by atoms with Crippen molar-refractivity contribution < 1.29 is 9.53 Å². The molecule has 0 aliphatic rings. The predicted molar refractivity (Wildman–Crippen MR) is 123 cm³/mol. The zero-order chi connectivity index (χ0) is 21.3. The maximum Gasteiger partial charge on any atom is 0.305 e. The summed E-state index contributed by atoms with van der Waals surface area (Å²) in [5.41, 5.74) is 8.17. The summed E-state index contributed by atoms with van der Waals surface area (Å²) < 4.78 is 5.26. The lowest BCUT2D eigenvalue weighted by Crippen LogP contribution is -2.05. The third-order valence-corrected chi connectivity index (χ3v) is 5.12. The molecule has 0 radical (unpaired) electrons. The van der Waals surface area contributed by atoms with Gasteiger partial charge in [0.25, 0.3) is 0 Å². The molecule has 5 nitrogen and oxygen atoms in total. The number of allylic oxidation sites excluding steroid dienone is 2. The van der Waals surface area contributed by atoms with Gasteiger partial charge in [-0.15, -0.1) is 0 Å². The maximum absolute atomic E-state index is 11.7. The molecule has 0 bridgehead atoms. The second-order valence-corrected chi connectivity index (χ2v) is 7.92. The molecule has 0 spiro atoms. The van der Waals surface area contributed by atoms with E-state index in [1.807, 2.05) is 0 Å². The summed E-state index contributed by atoms with van der Waals surface area (Å²) in [6, 6.07) is 0. The molecule has 0 aromatic rings. The first-order valence-electron chi connectivity index (χ1n) is 12.1. The third kappa shape index (κ3) is 24.5. The van der Waals surface area contributed by atoms with E-state index in [-0.39, 0.29) is 5.97 Å². The first-order valence-corrected chi connectivity index (χ1v) is 12.1. The largest absolute Gasteiger partial charge is 0.466 e. The van der Waals surface area contributed by atoms with Crippen molar-refractivity contribution in [2.75, 3.05) is 13.2 Å². The van der Waals surface area contributed by atoms with Gasteiger partial charge in [-0.05, 0) is 50.5 Å². The number of ether oxygens (including phenoxy) is 1. The van der Waals surface area contributed by atoms with Crippen LogP contribution in [0.15, 0.2) is 17.3 Å². The molecule has 0 heterocycles. The van der Waals surface area contributed by atoms with E-state index in [2.05, 4.69) is 29.1 Å². The summed E-state index contributed by atoms with van der Waals surface area (Å²) in [6.07, 6.45) is 25.6. The van der Waals surface area contributed by atoms with E-state index in [9.17, 15) is 4.79 Å². The Morgan fingerprint density at radius 3 is 2.00 bits per heavy atom. The quantitative estimate of drug-likeness (QED) is 0.0451. The minimum absolute atomic E-state index is 0.0586. The van der Waals surface area contributed by atoms with E-state index in [1.54, 1.807) is 0 Å². The van der Waals surface area contributed by atoms with E-state index in [1.165, 1.54) is 70.6 Å². The number of unbranched alkanes of at least 4 members (excludes halogenated alkanes) is 14. The molecule has 0 saturated carbocycles. The van der Waals surface area contributed by atoms with Crippen LogP contribution in [0, 0.1) is 0 Å². The van der Waals surface area contributed by atoms with Crippen molar-refractivity contribution in [2.45, 2.75) is 122 Å². The molecule has 0 aromatic carbocycles. The highest BCUT2D eigenvalue weighted by Crippen LogP contribution is 2.10. The van der Waals surface area contributed by atoms with Gasteiger partial charge in [-0.3, -0.25) is 4.79 Å². The molecule has 0 aliphatic heterocycles. The van der Waals surface area contributed by atoms with E-state index in [0.29, 0.717) is 19.6 Å². The van der Waals surface area contributed by atoms with Crippen LogP contribution in [0.25, 0.3) is 10.4 Å². The SMILES string of the molecule is CCCCCCCCC=CCCCCCCCC(=O)OCCCCCCN=[N+]=[N-]. The van der Waals surface area contributed by atoms with Crippen LogP contribution in [-0.2, 0) is 9.53 Å². The average Bonchev–Trinajstić information content (AvgIpc) is 2.72. The molecule has 168 valence electrons. The van der Waals surface area contributed by atoms with Crippen LogP contribution in [0.3, 0.4) is 0 Å². The third-order valence-electron chi connectivity index (χ3n) is 5.12. The summed E-state index contributed by atoms with van der Waals surface area (Å²) in [7, 11) is 0. The van der Waals surface area contributed by atoms with Crippen LogP contribution in [0.1, 0.15) is 122 Å². The fourth-order valence-electron chi connectivity index (χ4n) is 3.28. The molecule has 0 unspecified atom stereocenters. The Morgan fingerprint density at radius 1 is 0.793 bits per heavy atom. The highest BCUT2D eigenvalue weighted by atomic mass is 16.5. The minimum atomic E-state index is -0.0586. The van der Waals surface area contributed by atoms with Crippen LogP contribution >= 0.6 is 0 Å². The highest BCUT2D eigenvalue weighted by molar-refractivity contribution is 5.69. The Bertz CT molecular complexity index is 432. The number of hydrogen-bond acceptors (Lipinski definition) is 3. The van der Waals surface area contributed by atoms with Crippen LogP contribution in [0.2, 0.25) is 0 Å². The van der Waals surface area contributed by atoms with Gasteiger partial charge in [0.2, 0.25) is 0 Å². The Kier molecular flexibility index (Phi) is 23.3. The summed E-state index contributed by atoms with van der Waals surface area (Å²) >= 11 is 0. The lowest BCUT2D eigenvalue weighted by molar-refractivity contribution is -0.143. The van der Waals surface area contributed by atoms with E-state index in [4.69, 9.17) is 10.3 Å². The number of hydrogen-bond donors (Lipinski definition) is 0. The van der Waals surface area contributed by atoms with Crippen LogP contribution in [0.5, 0.6) is 0 Å². The second-order valence-electron chi connectivity index (χ2n) is 7.92. The van der Waals surface area contributed by atoms with Crippen molar-refractivity contribution in [2.24, 2.45) is 5.11 Å². The molecule has 0 atom stereocenters. The normalized spacial score (nSPS) is 10.9. The smallest absolute Gasteiger partial charge is 0.305 e. The summed E-state index contributed by atoms with van der Waals surface area (Å²) in [4.78, 5) is 14.4. The summed E-state index contributed by atoms with van der Waals surface area (Å²) in [5.74, 6) is -0.0586. The van der Waals surface area contributed by atoms with Gasteiger partial charge in [-0.25, -0.2) is 0 Å². The molecule has 0 amide bonds. The predicted octanol–water partition coefficient (Wildman–Crippen LogP) is 8.44. The fraction of sp³-hybridized carbons (Fsp3) is 0.875. The number of azide groups is 1. The average molecular weight is 408 g/mol. The van der Waals surface area contributed by atoms with Crippen molar-refractivity contribution >= 4 is 5.97 Å². The van der Waals surface area contributed by atoms with Gasteiger partial charge in [0.05, 0.1) is 6.61 Å². The Balaban J connectivity index is 3.22. The van der Waals surface area contributed by atoms with E-state index < -0.39 is 0 Å². The molecule has 0 aliphatic carbocycles. The van der Waals surface area contributed by atoms with Gasteiger partial charge < -0.3 is 4.74 Å². The van der Waals surface area contributed by atoms with Crippen molar-refractivity contribution in [3.63, 3.8) is 0 Å². The number of nitrogens with zero attached hydrogens (tertiary/aromatic N) is 3. The first-order chi connectivity index (χ1) is 14.3. The van der Waals surface area contributed by atoms with Crippen LogP contribution < -0.4 is 0 Å². The van der Waals surface area contributed by atoms with Crippen molar-refractivity contribution in [1.82, 2.24) is 0 Å². The Labute approximate surface area is 179 Å². The molecule has 5 heteroatoms. The van der Waals surface area contributed by atoms with Gasteiger partial charge in [-0.2, -0.15) is 0 Å². The van der Waals surface area contributed by atoms with Gasteiger partial charge in [0.15, 0.2) is 0 Å². The molecule has 29 heavy (non-hydrogen) atoms. The summed E-state index contributed by atoms with van der Waals surface area (Å²) in [5, 5.41) is 3.50. The topological polar surface area (TPSA) is 75.1 Å². The molecule has 0 aromatic heterocycles. The maximum atomic E-state index is 11.7. The van der Waals surface area contributed by atoms with Crippen molar-refractivity contribution in [1.29, 1.82) is 0 Å².